The fourth-order valence-electron chi connectivity index (χ4n) is 2.21. The molecule has 2 amide bonds. The van der Waals surface area contributed by atoms with Gasteiger partial charge < -0.3 is 15.5 Å². The van der Waals surface area contributed by atoms with E-state index >= 15 is 0 Å². The maximum atomic E-state index is 13.0. The highest BCUT2D eigenvalue weighted by atomic mass is 35.5. The van der Waals surface area contributed by atoms with Crippen molar-refractivity contribution in [3.63, 3.8) is 0 Å². The third-order valence-corrected chi connectivity index (χ3v) is 3.43. The first-order valence-corrected chi connectivity index (χ1v) is 6.63. The first-order valence-electron chi connectivity index (χ1n) is 6.25. The number of carbonyl (C=O) groups is 1. The third kappa shape index (κ3) is 4.08. The van der Waals surface area contributed by atoms with Crippen LogP contribution in [-0.2, 0) is 0 Å². The Balaban J connectivity index is 1.88. The average molecular weight is 286 g/mol. The van der Waals surface area contributed by atoms with Crippen LogP contribution in [0.2, 0.25) is 5.02 Å². The number of piperidine rings is 1. The van der Waals surface area contributed by atoms with E-state index < -0.39 is 5.82 Å². The van der Waals surface area contributed by atoms with Crippen molar-refractivity contribution in [2.45, 2.75) is 18.9 Å². The van der Waals surface area contributed by atoms with Gasteiger partial charge in [0.25, 0.3) is 0 Å². The number of carbonyl (C=O) groups excluding carboxylic acids is 1. The lowest BCUT2D eigenvalue weighted by Crippen LogP contribution is -2.47. The number of nitrogens with one attached hydrogen (secondary N) is 2. The lowest BCUT2D eigenvalue weighted by molar-refractivity contribution is 0.216. The highest BCUT2D eigenvalue weighted by Gasteiger charge is 2.18. The molecule has 6 heteroatoms. The molecule has 2 rings (SSSR count). The highest BCUT2D eigenvalue weighted by molar-refractivity contribution is 6.31. The number of hydrogen-bond acceptors (Lipinski definition) is 2. The molecular weight excluding hydrogens is 269 g/mol. The number of nitrogens with zero attached hydrogens (tertiary/aromatic N) is 1. The molecule has 1 saturated heterocycles. The second kappa shape index (κ2) is 6.21. The number of likely N-dealkylation sites (N-methyl/N-ethyl adjacent to an activating group) is 1. The minimum atomic E-state index is -0.499. The molecule has 2 N–H and O–H groups in total. The number of anilines is 1. The zero-order valence-corrected chi connectivity index (χ0v) is 11.5. The van der Waals surface area contributed by atoms with E-state index in [2.05, 4.69) is 15.5 Å². The summed E-state index contributed by atoms with van der Waals surface area (Å²) in [7, 11) is 2.03. The third-order valence-electron chi connectivity index (χ3n) is 3.14. The Hall–Kier alpha value is -1.33. The molecule has 1 aliphatic rings. The van der Waals surface area contributed by atoms with E-state index in [-0.39, 0.29) is 17.1 Å². The molecule has 19 heavy (non-hydrogen) atoms. The monoisotopic (exact) mass is 285 g/mol. The zero-order valence-electron chi connectivity index (χ0n) is 10.7. The predicted molar refractivity (Wildman–Crippen MR) is 74.1 cm³/mol. The molecule has 0 radical (unpaired) electrons. The van der Waals surface area contributed by atoms with Gasteiger partial charge >= 0.3 is 6.03 Å². The van der Waals surface area contributed by atoms with E-state index in [9.17, 15) is 9.18 Å². The zero-order chi connectivity index (χ0) is 13.8. The molecule has 1 aromatic rings. The molecule has 0 unspecified atom stereocenters. The summed E-state index contributed by atoms with van der Waals surface area (Å²) in [5.74, 6) is -0.499. The van der Waals surface area contributed by atoms with Crippen molar-refractivity contribution >= 4 is 23.3 Å². The normalized spacial score (nSPS) is 20.1. The van der Waals surface area contributed by atoms with Crippen LogP contribution in [0.15, 0.2) is 18.2 Å². The van der Waals surface area contributed by atoms with Crippen molar-refractivity contribution in [3.05, 3.63) is 29.0 Å². The summed E-state index contributed by atoms with van der Waals surface area (Å²) in [6, 6.07) is 3.96. The maximum absolute atomic E-state index is 13.0. The Morgan fingerprint density at radius 3 is 3.00 bits per heavy atom. The van der Waals surface area contributed by atoms with E-state index in [1.807, 2.05) is 7.05 Å². The standard InChI is InChI=1S/C13H17ClFN3O/c1-18-6-2-3-10(8-18)17-13(19)16-9-4-5-12(15)11(14)7-9/h4-5,7,10H,2-3,6,8H2,1H3,(H2,16,17,19)/t10-/m1/s1. The van der Waals surface area contributed by atoms with Crippen molar-refractivity contribution in [1.29, 1.82) is 0 Å². The van der Waals surface area contributed by atoms with E-state index in [1.54, 1.807) is 0 Å². The van der Waals surface area contributed by atoms with Crippen molar-refractivity contribution < 1.29 is 9.18 Å². The SMILES string of the molecule is CN1CCC[C@@H](NC(=O)Nc2ccc(F)c(Cl)c2)C1. The van der Waals surface area contributed by atoms with Gasteiger partial charge in [-0.2, -0.15) is 0 Å². The molecular formula is C13H17ClFN3O. The smallest absolute Gasteiger partial charge is 0.319 e. The second-order valence-electron chi connectivity index (χ2n) is 4.83. The van der Waals surface area contributed by atoms with Crippen LogP contribution in [0, 0.1) is 5.82 Å². The van der Waals surface area contributed by atoms with Gasteiger partial charge in [-0.05, 0) is 44.6 Å². The number of hydrogen-bond donors (Lipinski definition) is 2. The topological polar surface area (TPSA) is 44.4 Å². The van der Waals surface area contributed by atoms with Crippen LogP contribution in [0.25, 0.3) is 0 Å². The van der Waals surface area contributed by atoms with Crippen LogP contribution in [0.3, 0.4) is 0 Å². The quantitative estimate of drug-likeness (QED) is 0.877. The van der Waals surface area contributed by atoms with E-state index in [4.69, 9.17) is 11.6 Å². The molecule has 1 heterocycles. The van der Waals surface area contributed by atoms with E-state index in [0.717, 1.165) is 25.9 Å². The predicted octanol–water partition coefficient (Wildman–Crippen LogP) is 2.69. The van der Waals surface area contributed by atoms with Crippen LogP contribution in [0.1, 0.15) is 12.8 Å². The largest absolute Gasteiger partial charge is 0.334 e. The molecule has 1 atom stereocenters. The minimum Gasteiger partial charge on any atom is -0.334 e. The van der Waals surface area contributed by atoms with Crippen LogP contribution in [0.5, 0.6) is 0 Å². The molecule has 0 aromatic heterocycles. The van der Waals surface area contributed by atoms with Crippen molar-refractivity contribution in [3.8, 4) is 0 Å². The Kier molecular flexibility index (Phi) is 4.61. The molecule has 0 saturated carbocycles. The Labute approximate surface area is 116 Å². The molecule has 104 valence electrons. The summed E-state index contributed by atoms with van der Waals surface area (Å²) in [6.07, 6.45) is 2.05. The van der Waals surface area contributed by atoms with Crippen molar-refractivity contribution in [2.24, 2.45) is 0 Å². The Bertz CT molecular complexity index is 469. The highest BCUT2D eigenvalue weighted by Crippen LogP contribution is 2.19. The van der Waals surface area contributed by atoms with Gasteiger partial charge in [0.1, 0.15) is 5.82 Å². The summed E-state index contributed by atoms with van der Waals surface area (Å²) in [5, 5.41) is 5.55. The lowest BCUT2D eigenvalue weighted by Gasteiger charge is -2.30. The van der Waals surface area contributed by atoms with Gasteiger partial charge in [-0.3, -0.25) is 0 Å². The molecule has 0 spiro atoms. The summed E-state index contributed by atoms with van der Waals surface area (Å²) in [6.45, 7) is 1.91. The van der Waals surface area contributed by atoms with Gasteiger partial charge in [0.2, 0.25) is 0 Å². The van der Waals surface area contributed by atoms with Gasteiger partial charge in [-0.1, -0.05) is 11.6 Å². The fraction of sp³-hybridized carbons (Fsp3) is 0.462. The number of urea groups is 1. The molecule has 1 aliphatic heterocycles. The summed E-state index contributed by atoms with van der Waals surface area (Å²) >= 11 is 5.65. The summed E-state index contributed by atoms with van der Waals surface area (Å²) < 4.78 is 13.0. The van der Waals surface area contributed by atoms with E-state index in [0.29, 0.717) is 5.69 Å². The number of benzene rings is 1. The van der Waals surface area contributed by atoms with Crippen LogP contribution in [0.4, 0.5) is 14.9 Å². The van der Waals surface area contributed by atoms with Gasteiger partial charge in [0.15, 0.2) is 0 Å². The van der Waals surface area contributed by atoms with Gasteiger partial charge in [-0.15, -0.1) is 0 Å². The van der Waals surface area contributed by atoms with Gasteiger partial charge in [0.05, 0.1) is 5.02 Å². The average Bonchev–Trinajstić information content (AvgIpc) is 2.34. The number of halogens is 2. The molecule has 1 aromatic carbocycles. The van der Waals surface area contributed by atoms with Gasteiger partial charge in [-0.25, -0.2) is 9.18 Å². The summed E-state index contributed by atoms with van der Waals surface area (Å²) in [4.78, 5) is 14.0. The molecule has 4 nitrogen and oxygen atoms in total. The molecule has 1 fully saturated rings. The molecule has 0 bridgehead atoms. The summed E-state index contributed by atoms with van der Waals surface area (Å²) in [5.41, 5.74) is 0.480. The lowest BCUT2D eigenvalue weighted by atomic mass is 10.1. The molecule has 0 aliphatic carbocycles. The fourth-order valence-corrected chi connectivity index (χ4v) is 2.39. The van der Waals surface area contributed by atoms with E-state index in [1.165, 1.54) is 18.2 Å². The Morgan fingerprint density at radius 2 is 2.32 bits per heavy atom. The second-order valence-corrected chi connectivity index (χ2v) is 5.24. The number of rotatable bonds is 2. The Morgan fingerprint density at radius 1 is 1.53 bits per heavy atom. The first-order chi connectivity index (χ1) is 9.04. The van der Waals surface area contributed by atoms with Crippen molar-refractivity contribution in [1.82, 2.24) is 10.2 Å². The van der Waals surface area contributed by atoms with Gasteiger partial charge in [0, 0.05) is 18.3 Å². The van der Waals surface area contributed by atoms with Crippen LogP contribution in [-0.4, -0.2) is 37.1 Å². The van der Waals surface area contributed by atoms with Crippen molar-refractivity contribution in [2.75, 3.05) is 25.5 Å². The number of likely N-dealkylation sites (tertiary alicyclic amines) is 1. The number of amides is 2. The van der Waals surface area contributed by atoms with Crippen LogP contribution < -0.4 is 10.6 Å². The minimum absolute atomic E-state index is 0.00444. The first kappa shape index (κ1) is 14.1. The van der Waals surface area contributed by atoms with Crippen LogP contribution >= 0.6 is 11.6 Å². The maximum Gasteiger partial charge on any atom is 0.319 e.